The molecule has 3 spiro atoms. The maximum Gasteiger partial charge on any atom is 0.242 e. The lowest BCUT2D eigenvalue weighted by molar-refractivity contribution is 0.745. The highest BCUT2D eigenvalue weighted by Crippen LogP contribution is 2.61. The Morgan fingerprint density at radius 3 is 0.974 bits per heavy atom. The molecular formula is C74H46BNSi. The Bertz CT molecular complexity index is 4180. The van der Waals surface area contributed by atoms with Crippen molar-refractivity contribution >= 4 is 69.0 Å². The van der Waals surface area contributed by atoms with Gasteiger partial charge in [-0.2, -0.15) is 0 Å². The molecule has 77 heavy (non-hydrogen) atoms. The summed E-state index contributed by atoms with van der Waals surface area (Å²) < 4.78 is 0. The smallest absolute Gasteiger partial charge is 0.242 e. The Kier molecular flexibility index (Phi) is 8.17. The van der Waals surface area contributed by atoms with Crippen molar-refractivity contribution in [3.05, 3.63) is 324 Å². The third-order valence-electron chi connectivity index (χ3n) is 19.0. The van der Waals surface area contributed by atoms with Gasteiger partial charge in [0.1, 0.15) is 0 Å². The monoisotopic (exact) mass is 987 g/mol. The summed E-state index contributed by atoms with van der Waals surface area (Å²) in [6, 6.07) is 108. The minimum Gasteiger partial charge on any atom is -0.309 e. The zero-order valence-electron chi connectivity index (χ0n) is 42.1. The molecule has 0 amide bonds. The molecular weight excluding hydrogens is 942 g/mol. The highest BCUT2D eigenvalue weighted by atomic mass is 28.3. The Morgan fingerprint density at radius 1 is 0.247 bits per heavy atom. The van der Waals surface area contributed by atoms with Crippen LogP contribution in [0, 0.1) is 0 Å². The average molecular weight is 988 g/mol. The number of rotatable bonds is 3. The van der Waals surface area contributed by atoms with Crippen molar-refractivity contribution < 1.29 is 0 Å². The highest BCUT2D eigenvalue weighted by molar-refractivity contribution is 7.27. The van der Waals surface area contributed by atoms with Crippen LogP contribution in [0.5, 0.6) is 0 Å². The molecule has 18 rings (SSSR count). The largest absolute Gasteiger partial charge is 0.309 e. The molecule has 3 heteroatoms. The summed E-state index contributed by atoms with van der Waals surface area (Å²) in [5.74, 6) is 0. The Labute approximate surface area is 450 Å². The molecule has 12 aromatic carbocycles. The molecule has 12 aromatic rings. The van der Waals surface area contributed by atoms with Gasteiger partial charge in [0.2, 0.25) is 6.71 Å². The van der Waals surface area contributed by atoms with Crippen molar-refractivity contribution in [2.45, 2.75) is 10.8 Å². The van der Waals surface area contributed by atoms with Crippen LogP contribution < -0.4 is 42.0 Å². The van der Waals surface area contributed by atoms with Gasteiger partial charge in [0, 0.05) is 22.5 Å². The third kappa shape index (κ3) is 4.82. The van der Waals surface area contributed by atoms with Crippen LogP contribution in [0.25, 0.3) is 44.5 Å². The SMILES string of the molecule is c1ccc(-c2cccc(-c3ccccc3)c2N2c3ccccc3[Si]3(c4ccccc42)c2cccc4c2B2c5c(cccc5C5(c6ccccc6-c6ccccc65)c5cccc3c52)C42c3ccccc3-c3ccccc32)cc1. The molecule has 4 heterocycles. The molecule has 0 radical (unpaired) electrons. The first-order chi connectivity index (χ1) is 38.3. The normalized spacial score (nSPS) is 15.5. The van der Waals surface area contributed by atoms with Gasteiger partial charge in [-0.3, -0.25) is 0 Å². The molecule has 4 aliphatic heterocycles. The number of hydrogen-bond acceptors (Lipinski definition) is 1. The van der Waals surface area contributed by atoms with Crippen LogP contribution in [-0.4, -0.2) is 14.8 Å². The Hall–Kier alpha value is -9.28. The van der Waals surface area contributed by atoms with E-state index in [1.165, 1.54) is 143 Å². The second-order valence-electron chi connectivity index (χ2n) is 22.0. The van der Waals surface area contributed by atoms with E-state index in [0.717, 1.165) is 0 Å². The molecule has 0 bridgehead atoms. The third-order valence-corrected chi connectivity index (χ3v) is 24.0. The molecule has 0 atom stereocenters. The van der Waals surface area contributed by atoms with E-state index in [0.29, 0.717) is 0 Å². The van der Waals surface area contributed by atoms with Crippen molar-refractivity contribution in [1.82, 2.24) is 0 Å². The van der Waals surface area contributed by atoms with Gasteiger partial charge < -0.3 is 4.90 Å². The number of nitrogens with zero attached hydrogens (tertiary/aromatic N) is 1. The van der Waals surface area contributed by atoms with Crippen LogP contribution in [0.15, 0.2) is 279 Å². The van der Waals surface area contributed by atoms with Gasteiger partial charge in [-0.25, -0.2) is 0 Å². The van der Waals surface area contributed by atoms with Gasteiger partial charge >= 0.3 is 0 Å². The van der Waals surface area contributed by atoms with Gasteiger partial charge in [-0.15, -0.1) is 0 Å². The van der Waals surface area contributed by atoms with E-state index in [4.69, 9.17) is 0 Å². The summed E-state index contributed by atoms with van der Waals surface area (Å²) in [5.41, 5.74) is 28.4. The predicted octanol–water partition coefficient (Wildman–Crippen LogP) is 12.4. The Balaban J connectivity index is 1.04. The van der Waals surface area contributed by atoms with Crippen molar-refractivity contribution in [1.29, 1.82) is 0 Å². The van der Waals surface area contributed by atoms with Gasteiger partial charge in [0.25, 0.3) is 0 Å². The Morgan fingerprint density at radius 2 is 0.545 bits per heavy atom. The van der Waals surface area contributed by atoms with Crippen LogP contribution in [0.1, 0.15) is 44.5 Å². The lowest BCUT2D eigenvalue weighted by atomic mass is 9.26. The zero-order chi connectivity index (χ0) is 50.2. The lowest BCUT2D eigenvalue weighted by Crippen LogP contribution is -2.90. The van der Waals surface area contributed by atoms with Crippen molar-refractivity contribution in [3.63, 3.8) is 0 Å². The summed E-state index contributed by atoms with van der Waals surface area (Å²) in [4.78, 5) is 2.66. The standard InChI is InChI=1S/C74H46BNSi/c1-3-23-47(24-4-1)49-31-19-32-50(48-25-5-2-6-26-48)72(49)76-63-41-15-17-43-65(63)77(66-44-18-16-42-64(66)76)67-45-21-39-61-70(67)75-69-59(73(61)55-33-11-7-27-51(55)52-28-8-12-34-56(52)73)37-20-38-60(69)74(62-40-22-46-68(77)71(62)75)57-35-13-9-29-53(57)54-30-10-14-36-58(54)74/h1-46H. The molecule has 0 aromatic heterocycles. The van der Waals surface area contributed by atoms with Crippen LogP contribution in [0.4, 0.5) is 17.1 Å². The van der Waals surface area contributed by atoms with E-state index in [9.17, 15) is 0 Å². The van der Waals surface area contributed by atoms with E-state index in [1.54, 1.807) is 0 Å². The average Bonchev–Trinajstić information content (AvgIpc) is 3.14. The quantitative estimate of drug-likeness (QED) is 0.160. The minimum absolute atomic E-state index is 0.00803. The van der Waals surface area contributed by atoms with Crippen LogP contribution in [-0.2, 0) is 10.8 Å². The van der Waals surface area contributed by atoms with Gasteiger partial charge in [0.05, 0.1) is 16.5 Å². The van der Waals surface area contributed by atoms with Gasteiger partial charge in [-0.1, -0.05) is 283 Å². The maximum atomic E-state index is 2.66. The maximum absolute atomic E-state index is 3.34. The summed E-state index contributed by atoms with van der Waals surface area (Å²) >= 11 is 0. The summed E-state index contributed by atoms with van der Waals surface area (Å²) in [6.45, 7) is 0.00803. The molecule has 0 fully saturated rings. The predicted molar refractivity (Wildman–Crippen MR) is 322 cm³/mol. The fourth-order valence-corrected chi connectivity index (χ4v) is 22.3. The lowest BCUT2D eigenvalue weighted by Gasteiger charge is -2.56. The molecule has 0 saturated heterocycles. The van der Waals surface area contributed by atoms with Crippen LogP contribution in [0.3, 0.4) is 0 Å². The van der Waals surface area contributed by atoms with Crippen molar-refractivity contribution in [2.75, 3.05) is 4.90 Å². The molecule has 2 aliphatic carbocycles. The summed E-state index contributed by atoms with van der Waals surface area (Å²) in [5, 5.41) is 5.86. The minimum atomic E-state index is -3.34. The van der Waals surface area contributed by atoms with Gasteiger partial charge in [0.15, 0.2) is 8.07 Å². The fraction of sp³-hybridized carbons (Fsp3) is 0.0270. The highest BCUT2D eigenvalue weighted by Gasteiger charge is 2.65. The summed E-state index contributed by atoms with van der Waals surface area (Å²) in [7, 11) is -3.34. The second-order valence-corrected chi connectivity index (χ2v) is 25.6. The molecule has 6 aliphatic rings. The first kappa shape index (κ1) is 42.0. The van der Waals surface area contributed by atoms with Gasteiger partial charge in [-0.05, 0) is 111 Å². The topological polar surface area (TPSA) is 3.24 Å². The first-order valence-electron chi connectivity index (χ1n) is 27.3. The fourth-order valence-electron chi connectivity index (χ4n) is 16.6. The molecule has 0 unspecified atom stereocenters. The number of fused-ring (bicyclic) bond motifs is 20. The molecule has 1 nitrogen and oxygen atoms in total. The number of benzene rings is 12. The van der Waals surface area contributed by atoms with E-state index >= 15 is 0 Å². The number of para-hydroxylation sites is 3. The van der Waals surface area contributed by atoms with Crippen molar-refractivity contribution in [2.24, 2.45) is 0 Å². The second kappa shape index (κ2) is 15.0. The van der Waals surface area contributed by atoms with Crippen LogP contribution in [0.2, 0.25) is 0 Å². The van der Waals surface area contributed by atoms with Crippen LogP contribution >= 0.6 is 0 Å². The van der Waals surface area contributed by atoms with E-state index in [2.05, 4.69) is 284 Å². The zero-order valence-corrected chi connectivity index (χ0v) is 43.1. The van der Waals surface area contributed by atoms with Crippen molar-refractivity contribution in [3.8, 4) is 44.5 Å². The van der Waals surface area contributed by atoms with E-state index < -0.39 is 18.9 Å². The molecule has 0 N–H and O–H groups in total. The summed E-state index contributed by atoms with van der Waals surface area (Å²) in [6.07, 6.45) is 0. The number of anilines is 3. The molecule has 0 saturated carbocycles. The van der Waals surface area contributed by atoms with E-state index in [-0.39, 0.29) is 6.71 Å². The number of hydrogen-bond donors (Lipinski definition) is 0. The molecule has 354 valence electrons. The van der Waals surface area contributed by atoms with E-state index in [1.807, 2.05) is 0 Å². The first-order valence-corrected chi connectivity index (χ1v) is 29.3.